The number of nitrogens with one attached hydrogen (secondary N) is 4. The molecule has 1 aromatic heterocycles. The molecule has 0 aliphatic carbocycles. The van der Waals surface area contributed by atoms with E-state index >= 15 is 0 Å². The van der Waals surface area contributed by atoms with Gasteiger partial charge in [0, 0.05) is 23.4 Å². The van der Waals surface area contributed by atoms with Crippen LogP contribution in [0.5, 0.6) is 5.75 Å². The SMILES string of the molecule is COc1cccc2[nH]c(C(=O)NCC(=O)N[C@@H](CC3CCCNC3=O)C(=O)COC(=O)C(C)(C)C(F)(F)F)cc12. The third kappa shape index (κ3) is 7.10. The third-order valence-corrected chi connectivity index (χ3v) is 6.71. The molecule has 14 heteroatoms. The number of piperidine rings is 1. The molecule has 1 aliphatic rings. The Morgan fingerprint density at radius 3 is 2.55 bits per heavy atom. The maximum Gasteiger partial charge on any atom is 0.404 e. The van der Waals surface area contributed by atoms with E-state index in [1.54, 1.807) is 24.3 Å². The van der Waals surface area contributed by atoms with Crippen molar-refractivity contribution in [1.29, 1.82) is 0 Å². The number of Topliss-reactive ketones (excluding diaryl/α,β-unsaturated/α-hetero) is 1. The Kier molecular flexibility index (Phi) is 9.43. The molecule has 0 saturated carbocycles. The molecular formula is C26H31F3N4O7. The van der Waals surface area contributed by atoms with Crippen LogP contribution in [0.15, 0.2) is 24.3 Å². The van der Waals surface area contributed by atoms with Crippen LogP contribution in [-0.2, 0) is 23.9 Å². The fourth-order valence-corrected chi connectivity index (χ4v) is 4.08. The topological polar surface area (TPSA) is 156 Å². The Labute approximate surface area is 227 Å². The number of aromatic amines is 1. The second-order valence-corrected chi connectivity index (χ2v) is 9.94. The quantitative estimate of drug-likeness (QED) is 0.302. The predicted molar refractivity (Wildman–Crippen MR) is 135 cm³/mol. The number of methoxy groups -OCH3 is 1. The molecule has 4 N–H and O–H groups in total. The van der Waals surface area contributed by atoms with Gasteiger partial charge in [-0.15, -0.1) is 0 Å². The summed E-state index contributed by atoms with van der Waals surface area (Å²) in [7, 11) is 1.48. The predicted octanol–water partition coefficient (Wildman–Crippen LogP) is 2.01. The van der Waals surface area contributed by atoms with Gasteiger partial charge in [0.15, 0.2) is 17.8 Å². The number of rotatable bonds is 11. The molecule has 0 radical (unpaired) electrons. The lowest BCUT2D eigenvalue weighted by Gasteiger charge is -2.27. The van der Waals surface area contributed by atoms with Crippen molar-refractivity contribution in [3.8, 4) is 5.75 Å². The number of esters is 1. The number of benzene rings is 1. The molecule has 2 aromatic rings. The van der Waals surface area contributed by atoms with Gasteiger partial charge in [-0.05, 0) is 51.3 Å². The minimum absolute atomic E-state index is 0.151. The molecule has 2 heterocycles. The summed E-state index contributed by atoms with van der Waals surface area (Å²) in [6.07, 6.45) is -4.01. The highest BCUT2D eigenvalue weighted by Gasteiger charge is 2.54. The number of carbonyl (C=O) groups excluding carboxylic acids is 5. The zero-order chi connectivity index (χ0) is 29.7. The number of hydrogen-bond donors (Lipinski definition) is 4. The molecule has 40 heavy (non-hydrogen) atoms. The minimum atomic E-state index is -4.91. The van der Waals surface area contributed by atoms with Crippen molar-refractivity contribution < 1.29 is 46.6 Å². The molecule has 1 saturated heterocycles. The van der Waals surface area contributed by atoms with Crippen LogP contribution < -0.4 is 20.7 Å². The van der Waals surface area contributed by atoms with Crippen LogP contribution in [0.4, 0.5) is 13.2 Å². The normalized spacial score (nSPS) is 16.6. The van der Waals surface area contributed by atoms with E-state index in [1.165, 1.54) is 7.11 Å². The largest absolute Gasteiger partial charge is 0.496 e. The summed E-state index contributed by atoms with van der Waals surface area (Å²) in [6.45, 7) is 0.110. The van der Waals surface area contributed by atoms with E-state index in [1.807, 2.05) is 0 Å². The second-order valence-electron chi connectivity index (χ2n) is 9.94. The van der Waals surface area contributed by atoms with Gasteiger partial charge in [-0.1, -0.05) is 6.07 Å². The Hall–Kier alpha value is -4.10. The van der Waals surface area contributed by atoms with Crippen LogP contribution in [-0.4, -0.2) is 73.5 Å². The van der Waals surface area contributed by atoms with Crippen molar-refractivity contribution in [2.45, 2.75) is 45.3 Å². The van der Waals surface area contributed by atoms with Gasteiger partial charge in [-0.2, -0.15) is 13.2 Å². The number of fused-ring (bicyclic) bond motifs is 1. The number of aromatic nitrogens is 1. The van der Waals surface area contributed by atoms with Gasteiger partial charge in [0.05, 0.1) is 19.7 Å². The van der Waals surface area contributed by atoms with Crippen molar-refractivity contribution in [1.82, 2.24) is 20.9 Å². The fraction of sp³-hybridized carbons (Fsp3) is 0.500. The molecule has 218 valence electrons. The van der Waals surface area contributed by atoms with Crippen LogP contribution in [0.2, 0.25) is 0 Å². The molecule has 1 aliphatic heterocycles. The van der Waals surface area contributed by atoms with E-state index in [0.717, 1.165) is 0 Å². The summed E-state index contributed by atoms with van der Waals surface area (Å²) in [5, 5.41) is 8.12. The lowest BCUT2D eigenvalue weighted by atomic mass is 9.90. The van der Waals surface area contributed by atoms with E-state index in [9.17, 15) is 37.1 Å². The average molecular weight is 569 g/mol. The number of ketones is 1. The van der Waals surface area contributed by atoms with Crippen LogP contribution in [0.1, 0.15) is 43.6 Å². The van der Waals surface area contributed by atoms with Gasteiger partial charge in [-0.3, -0.25) is 24.0 Å². The molecule has 1 aromatic carbocycles. The van der Waals surface area contributed by atoms with Gasteiger partial charge in [-0.25, -0.2) is 0 Å². The maximum absolute atomic E-state index is 13.1. The monoisotopic (exact) mass is 568 g/mol. The van der Waals surface area contributed by atoms with Crippen LogP contribution in [0.25, 0.3) is 10.9 Å². The van der Waals surface area contributed by atoms with Crippen molar-refractivity contribution in [3.05, 3.63) is 30.0 Å². The molecule has 11 nitrogen and oxygen atoms in total. The van der Waals surface area contributed by atoms with E-state index in [0.29, 0.717) is 49.9 Å². The number of halogens is 3. The lowest BCUT2D eigenvalue weighted by molar-refractivity contribution is -0.224. The summed E-state index contributed by atoms with van der Waals surface area (Å²) >= 11 is 0. The number of hydrogen-bond acceptors (Lipinski definition) is 7. The average Bonchev–Trinajstić information content (AvgIpc) is 3.35. The maximum atomic E-state index is 13.1. The number of ether oxygens (including phenoxy) is 2. The third-order valence-electron chi connectivity index (χ3n) is 6.71. The lowest BCUT2D eigenvalue weighted by Crippen LogP contribution is -2.50. The number of alkyl halides is 3. The first kappa shape index (κ1) is 30.4. The molecule has 1 fully saturated rings. The first-order chi connectivity index (χ1) is 18.7. The van der Waals surface area contributed by atoms with Crippen LogP contribution >= 0.6 is 0 Å². The highest BCUT2D eigenvalue weighted by Crippen LogP contribution is 2.38. The van der Waals surface area contributed by atoms with Crippen molar-refractivity contribution in [2.75, 3.05) is 26.8 Å². The van der Waals surface area contributed by atoms with Crippen molar-refractivity contribution in [3.63, 3.8) is 0 Å². The highest BCUT2D eigenvalue weighted by atomic mass is 19.4. The summed E-state index contributed by atoms with van der Waals surface area (Å²) in [5.41, 5.74) is -2.07. The smallest absolute Gasteiger partial charge is 0.404 e. The molecule has 0 spiro atoms. The first-order valence-corrected chi connectivity index (χ1v) is 12.5. The Morgan fingerprint density at radius 1 is 1.18 bits per heavy atom. The minimum Gasteiger partial charge on any atom is -0.496 e. The van der Waals surface area contributed by atoms with Gasteiger partial charge in [0.1, 0.15) is 11.4 Å². The Morgan fingerprint density at radius 2 is 1.90 bits per heavy atom. The fourth-order valence-electron chi connectivity index (χ4n) is 4.08. The summed E-state index contributed by atoms with van der Waals surface area (Å²) in [4.78, 5) is 65.3. The standard InChI is InChI=1S/C26H31F3N4O7/c1-25(2,26(27,28)29)24(38)40-13-19(34)17(10-14-6-5-9-30-22(14)36)33-21(35)12-31-23(37)18-11-15-16(32-18)7-4-8-20(15)39-3/h4,7-8,11,14,17,32H,5-6,9-10,12-13H2,1-3H3,(H,30,36)(H,31,37)(H,33,35)/t14?,17-/m0/s1. The van der Waals surface area contributed by atoms with E-state index in [2.05, 4.69) is 25.7 Å². The molecular weight excluding hydrogens is 537 g/mol. The molecule has 2 atom stereocenters. The number of amides is 3. The Bertz CT molecular complexity index is 1290. The van der Waals surface area contributed by atoms with Gasteiger partial charge < -0.3 is 30.4 Å². The van der Waals surface area contributed by atoms with E-state index < -0.39 is 60.3 Å². The molecule has 0 bridgehead atoms. The van der Waals surface area contributed by atoms with Gasteiger partial charge in [0.25, 0.3) is 5.91 Å². The molecule has 3 rings (SSSR count). The number of carbonyl (C=O) groups is 5. The summed E-state index contributed by atoms with van der Waals surface area (Å²) in [5.74, 6) is -4.41. The van der Waals surface area contributed by atoms with Crippen LogP contribution in [0, 0.1) is 11.3 Å². The summed E-state index contributed by atoms with van der Waals surface area (Å²) in [6, 6.07) is 5.39. The second kappa shape index (κ2) is 12.4. The van der Waals surface area contributed by atoms with Gasteiger partial charge >= 0.3 is 12.1 Å². The van der Waals surface area contributed by atoms with Crippen LogP contribution in [0.3, 0.4) is 0 Å². The van der Waals surface area contributed by atoms with Crippen molar-refractivity contribution in [2.24, 2.45) is 11.3 Å². The van der Waals surface area contributed by atoms with E-state index in [4.69, 9.17) is 4.74 Å². The first-order valence-electron chi connectivity index (χ1n) is 12.5. The van der Waals surface area contributed by atoms with Gasteiger partial charge in [0.2, 0.25) is 11.8 Å². The zero-order valence-corrected chi connectivity index (χ0v) is 22.2. The molecule has 1 unspecified atom stereocenters. The zero-order valence-electron chi connectivity index (χ0n) is 22.2. The Balaban J connectivity index is 1.65. The number of H-pyrrole nitrogens is 1. The highest BCUT2D eigenvalue weighted by molar-refractivity contribution is 6.01. The molecule has 3 amide bonds. The van der Waals surface area contributed by atoms with E-state index in [-0.39, 0.29) is 18.0 Å². The summed E-state index contributed by atoms with van der Waals surface area (Å²) < 4.78 is 49.3. The van der Waals surface area contributed by atoms with Crippen molar-refractivity contribution >= 4 is 40.4 Å².